The third kappa shape index (κ3) is 5.50. The Morgan fingerprint density at radius 3 is 2.49 bits per heavy atom. The number of H-pyrrole nitrogens is 1. The molecule has 6 rings (SSSR count). The van der Waals surface area contributed by atoms with Crippen LogP contribution in [-0.4, -0.2) is 71.3 Å². The van der Waals surface area contributed by atoms with Crippen LogP contribution in [0.4, 0.5) is 5.95 Å². The monoisotopic (exact) mass is 631 g/mol. The summed E-state index contributed by atoms with van der Waals surface area (Å²) in [6, 6.07) is 5.19. The third-order valence-corrected chi connectivity index (χ3v) is 11.2. The minimum Gasteiger partial charge on any atom is -0.496 e. The maximum atomic E-state index is 14.1. The van der Waals surface area contributed by atoms with E-state index in [1.165, 1.54) is 11.1 Å². The van der Waals surface area contributed by atoms with Gasteiger partial charge in [-0.1, -0.05) is 6.08 Å². The number of pyridine rings is 1. The Hall–Kier alpha value is -4.49. The van der Waals surface area contributed by atoms with E-state index in [1.807, 2.05) is 0 Å². The highest BCUT2D eigenvalue weighted by Gasteiger charge is 2.54. The van der Waals surface area contributed by atoms with Crippen LogP contribution in [0.1, 0.15) is 46.4 Å². The molecule has 2 fully saturated rings. The van der Waals surface area contributed by atoms with E-state index < -0.39 is 20.7 Å². The second-order valence-corrected chi connectivity index (χ2v) is 13.9. The zero-order chi connectivity index (χ0) is 31.9. The fourth-order valence-electron chi connectivity index (χ4n) is 6.05. The number of methoxy groups -OCH3 is 1. The van der Waals surface area contributed by atoms with Crippen LogP contribution in [0.5, 0.6) is 5.75 Å². The number of hydrogen-bond acceptors (Lipinski definition) is 9. The van der Waals surface area contributed by atoms with Crippen LogP contribution < -0.4 is 25.8 Å². The van der Waals surface area contributed by atoms with Crippen molar-refractivity contribution >= 4 is 32.8 Å². The summed E-state index contributed by atoms with van der Waals surface area (Å²) in [5.41, 5.74) is 3.07. The second-order valence-electron chi connectivity index (χ2n) is 11.7. The zero-order valence-corrected chi connectivity index (χ0v) is 26.5. The van der Waals surface area contributed by atoms with Crippen molar-refractivity contribution in [2.45, 2.75) is 44.4 Å². The molecule has 236 valence electrons. The van der Waals surface area contributed by atoms with Gasteiger partial charge >= 0.3 is 0 Å². The number of aryl methyl sites for hydroxylation is 2. The molecule has 3 aromatic heterocycles. The van der Waals surface area contributed by atoms with Crippen LogP contribution >= 0.6 is 0 Å². The van der Waals surface area contributed by atoms with Gasteiger partial charge in [-0.3, -0.25) is 9.59 Å². The van der Waals surface area contributed by atoms with Crippen molar-refractivity contribution in [1.82, 2.24) is 29.6 Å². The van der Waals surface area contributed by atoms with Crippen molar-refractivity contribution in [3.63, 3.8) is 0 Å². The smallest absolute Gasteiger partial charge is 0.256 e. The Morgan fingerprint density at radius 2 is 1.84 bits per heavy atom. The van der Waals surface area contributed by atoms with Crippen LogP contribution in [-0.2, 0) is 16.6 Å². The minimum atomic E-state index is -3.82. The normalized spacial score (nSPS) is 16.0. The summed E-state index contributed by atoms with van der Waals surface area (Å²) in [5.74, 6) is 0.508. The number of amides is 1. The van der Waals surface area contributed by atoms with Gasteiger partial charge in [0.15, 0.2) is 0 Å². The molecule has 3 N–H and O–H groups in total. The summed E-state index contributed by atoms with van der Waals surface area (Å²) >= 11 is 0. The molecule has 4 heterocycles. The number of allylic oxidation sites excluding steroid dienone is 1. The summed E-state index contributed by atoms with van der Waals surface area (Å²) in [4.78, 5) is 40.6. The molecule has 0 atom stereocenters. The van der Waals surface area contributed by atoms with Gasteiger partial charge in [-0.15, -0.1) is 6.58 Å². The summed E-state index contributed by atoms with van der Waals surface area (Å²) in [6.45, 7) is 10.5. The lowest BCUT2D eigenvalue weighted by molar-refractivity contribution is 0.0952. The molecule has 12 nitrogen and oxygen atoms in total. The molecule has 0 unspecified atom stereocenters. The van der Waals surface area contributed by atoms with Gasteiger partial charge in [-0.25, -0.2) is 22.4 Å². The molecule has 1 aromatic carbocycles. The molecule has 45 heavy (non-hydrogen) atoms. The van der Waals surface area contributed by atoms with Gasteiger partial charge in [0.25, 0.3) is 11.5 Å². The van der Waals surface area contributed by atoms with E-state index in [0.717, 1.165) is 26.2 Å². The molecule has 0 spiro atoms. The minimum absolute atomic E-state index is 0.0909. The Labute approximate surface area is 261 Å². The lowest BCUT2D eigenvalue weighted by Gasteiger charge is -2.27. The van der Waals surface area contributed by atoms with E-state index in [4.69, 9.17) is 4.74 Å². The molecule has 0 bridgehead atoms. The topological polar surface area (TPSA) is 151 Å². The third-order valence-electron chi connectivity index (χ3n) is 8.68. The number of nitrogens with zero attached hydrogens (tertiary/aromatic N) is 4. The summed E-state index contributed by atoms with van der Waals surface area (Å²) in [5, 5.41) is 6.68. The molecule has 2 aliphatic rings. The maximum absolute atomic E-state index is 14.1. The van der Waals surface area contributed by atoms with E-state index in [9.17, 15) is 18.0 Å². The Kier molecular flexibility index (Phi) is 8.00. The zero-order valence-electron chi connectivity index (χ0n) is 25.6. The number of hydrogen-bond donors (Lipinski definition) is 3. The highest BCUT2D eigenvalue weighted by atomic mass is 32.2. The molecule has 1 saturated carbocycles. The lowest BCUT2D eigenvalue weighted by Crippen LogP contribution is -2.44. The highest BCUT2D eigenvalue weighted by Crippen LogP contribution is 2.49. The summed E-state index contributed by atoms with van der Waals surface area (Å²) < 4.78 is 33.9. The van der Waals surface area contributed by atoms with E-state index in [2.05, 4.69) is 37.1 Å². The fourth-order valence-corrected chi connectivity index (χ4v) is 8.11. The molecule has 1 aliphatic heterocycles. The predicted octanol–water partition coefficient (Wildman–Crippen LogP) is 3.04. The first-order valence-electron chi connectivity index (χ1n) is 14.9. The molecular weight excluding hydrogens is 594 g/mol. The molecule has 1 amide bonds. The van der Waals surface area contributed by atoms with Crippen molar-refractivity contribution < 1.29 is 17.9 Å². The Bertz CT molecular complexity index is 1950. The van der Waals surface area contributed by atoms with Crippen molar-refractivity contribution in [3.8, 4) is 16.9 Å². The van der Waals surface area contributed by atoms with Crippen LogP contribution in [0.2, 0.25) is 0 Å². The van der Waals surface area contributed by atoms with Crippen molar-refractivity contribution in [2.24, 2.45) is 0 Å². The van der Waals surface area contributed by atoms with Gasteiger partial charge in [0.05, 0.1) is 29.5 Å². The van der Waals surface area contributed by atoms with Gasteiger partial charge in [0, 0.05) is 67.0 Å². The largest absolute Gasteiger partial charge is 0.496 e. The van der Waals surface area contributed by atoms with Crippen molar-refractivity contribution in [3.05, 3.63) is 82.2 Å². The van der Waals surface area contributed by atoms with Crippen LogP contribution in [0.25, 0.3) is 22.0 Å². The van der Waals surface area contributed by atoms with Gasteiger partial charge < -0.3 is 25.3 Å². The number of carbonyl (C=O) groups excluding carboxylic acids is 1. The molecule has 0 radical (unpaired) electrons. The quantitative estimate of drug-likeness (QED) is 0.224. The number of rotatable bonds is 10. The lowest BCUT2D eigenvalue weighted by atomic mass is 9.99. The van der Waals surface area contributed by atoms with Crippen LogP contribution in [0, 0.1) is 13.8 Å². The van der Waals surface area contributed by atoms with Crippen LogP contribution in [0.15, 0.2) is 54.2 Å². The first-order valence-corrected chi connectivity index (χ1v) is 16.4. The first-order chi connectivity index (χ1) is 21.6. The number of benzene rings is 1. The number of ether oxygens (including phenoxy) is 1. The maximum Gasteiger partial charge on any atom is 0.256 e. The Morgan fingerprint density at radius 1 is 1.13 bits per heavy atom. The van der Waals surface area contributed by atoms with Gasteiger partial charge in [0.2, 0.25) is 16.0 Å². The Balaban J connectivity index is 1.45. The molecule has 13 heteroatoms. The summed E-state index contributed by atoms with van der Waals surface area (Å²) in [7, 11) is -2.36. The molecule has 1 saturated heterocycles. The van der Waals surface area contributed by atoms with Crippen molar-refractivity contribution in [1.29, 1.82) is 0 Å². The highest BCUT2D eigenvalue weighted by molar-refractivity contribution is 7.91. The number of aromatic nitrogens is 4. The predicted molar refractivity (Wildman–Crippen MR) is 173 cm³/mol. The van der Waals surface area contributed by atoms with E-state index in [-0.39, 0.29) is 23.2 Å². The van der Waals surface area contributed by atoms with Crippen LogP contribution in [0.3, 0.4) is 0 Å². The average molecular weight is 632 g/mol. The standard InChI is InChI=1S/C32H37N7O5S/c1-5-6-32(7-8-32)45(42,43)39-19-20(2)28-24(29(40)34-18-25-27(44-4)13-21(3)37-30(25)41)14-22(15-26(28)39)23-16-35-31(36-17-23)38-11-9-33-10-12-38/h5,13-17,19,33H,1,6-12,18H2,2-4H3,(H,34,40)(H,37,41). The number of carbonyl (C=O) groups is 1. The number of aromatic amines is 1. The first kappa shape index (κ1) is 30.5. The van der Waals surface area contributed by atoms with E-state index in [1.54, 1.807) is 56.7 Å². The second kappa shape index (κ2) is 11.8. The SMILES string of the molecule is C=CCC1(S(=O)(=O)n2cc(C)c3c(C(=O)NCc4c(OC)cc(C)[nH]c4=O)cc(-c4cnc(N5CCNCC5)nc4)cc32)CC1. The summed E-state index contributed by atoms with van der Waals surface area (Å²) in [6.07, 6.45) is 8.04. The van der Waals surface area contributed by atoms with E-state index >= 15 is 0 Å². The average Bonchev–Trinajstić information content (AvgIpc) is 3.76. The molecule has 1 aliphatic carbocycles. The number of fused-ring (bicyclic) bond motifs is 1. The van der Waals surface area contributed by atoms with Crippen molar-refractivity contribution in [2.75, 3.05) is 38.2 Å². The fraction of sp³-hybridized carbons (Fsp3) is 0.375. The van der Waals surface area contributed by atoms with E-state index in [0.29, 0.717) is 64.2 Å². The molecule has 4 aromatic rings. The molecular formula is C32H37N7O5S. The van der Waals surface area contributed by atoms with Gasteiger partial charge in [-0.05, 0) is 62.4 Å². The number of nitrogens with one attached hydrogen (secondary N) is 3. The number of piperazine rings is 1. The van der Waals surface area contributed by atoms with Gasteiger partial charge in [-0.2, -0.15) is 0 Å². The van der Waals surface area contributed by atoms with Gasteiger partial charge in [0.1, 0.15) is 5.75 Å². The number of anilines is 1.